The average molecular weight is 624 g/mol. The zero-order valence-electron chi connectivity index (χ0n) is 17.5. The number of carbonyl (C=O) groups is 2. The smallest absolute Gasteiger partial charge is 1.00 e. The average Bonchev–Trinajstić information content (AvgIpc) is 2.67. The molecule has 2 aromatic heterocycles. The number of halogens is 3. The van der Waals surface area contributed by atoms with Gasteiger partial charge in [-0.1, -0.05) is 0 Å². The molecule has 162 valence electrons. The number of hydroxylamine groups is 2. The van der Waals surface area contributed by atoms with Gasteiger partial charge in [-0.3, -0.25) is 14.4 Å². The van der Waals surface area contributed by atoms with Gasteiger partial charge in [-0.25, -0.2) is 15.0 Å². The summed E-state index contributed by atoms with van der Waals surface area (Å²) in [6.45, 7) is 1.48. The van der Waals surface area contributed by atoms with Crippen LogP contribution in [0.4, 0.5) is 0 Å². The number of aromatic nitrogens is 2. The number of carbonyl (C=O) groups excluding carboxylic acids is 2. The fraction of sp³-hybridized carbons (Fsp3) is 0.278. The molecule has 0 saturated heterocycles. The van der Waals surface area contributed by atoms with Crippen LogP contribution >= 0.6 is 31.9 Å². The molecule has 0 aliphatic carbocycles. The van der Waals surface area contributed by atoms with E-state index in [0.717, 1.165) is 9.54 Å². The third-order valence-electron chi connectivity index (χ3n) is 3.19. The molecule has 0 N–H and O–H groups in total. The molecule has 0 aliphatic rings. The molecule has 0 aliphatic heterocycles. The van der Waals surface area contributed by atoms with Gasteiger partial charge in [-0.05, 0) is 50.9 Å². The van der Waals surface area contributed by atoms with Crippen LogP contribution in [0.25, 0.3) is 0 Å². The summed E-state index contributed by atoms with van der Waals surface area (Å²) in [7, 11) is 5.88. The van der Waals surface area contributed by atoms with Crippen LogP contribution in [-0.2, 0) is 4.84 Å². The summed E-state index contributed by atoms with van der Waals surface area (Å²) >= 11 is 6.46. The Morgan fingerprint density at radius 3 is 1.70 bits per heavy atom. The van der Waals surface area contributed by atoms with E-state index in [0.29, 0.717) is 21.5 Å². The maximum absolute atomic E-state index is 11.8. The van der Waals surface area contributed by atoms with Crippen LogP contribution in [0, 0.1) is 7.43 Å². The second-order valence-corrected chi connectivity index (χ2v) is 6.79. The Kier molecular flexibility index (Phi) is 19.0. The zero-order valence-corrected chi connectivity index (χ0v) is 23.7. The first kappa shape index (κ1) is 33.8. The van der Waals surface area contributed by atoms with Crippen molar-refractivity contribution in [3.05, 3.63) is 52.0 Å². The first-order chi connectivity index (χ1) is 12.7. The van der Waals surface area contributed by atoms with E-state index in [1.165, 1.54) is 35.3 Å². The quantitative estimate of drug-likeness (QED) is 0.209. The number of amides is 1. The van der Waals surface area contributed by atoms with E-state index in [1.54, 1.807) is 24.5 Å². The van der Waals surface area contributed by atoms with Crippen molar-refractivity contribution in [1.82, 2.24) is 15.0 Å². The molecular formula is C18H22Br3MgN3O5. The van der Waals surface area contributed by atoms with Crippen LogP contribution in [0.5, 0.6) is 11.8 Å². The van der Waals surface area contributed by atoms with Crippen molar-refractivity contribution in [2.24, 2.45) is 0 Å². The molecule has 12 heteroatoms. The molecule has 30 heavy (non-hydrogen) atoms. The molecule has 2 aromatic rings. The van der Waals surface area contributed by atoms with Gasteiger partial charge in [0, 0.05) is 28.4 Å². The number of hydrogen-bond acceptors (Lipinski definition) is 7. The molecule has 2 heterocycles. The third-order valence-corrected chi connectivity index (χ3v) is 4.06. The molecule has 0 fully saturated rings. The van der Waals surface area contributed by atoms with Crippen LogP contribution in [0.15, 0.2) is 33.5 Å². The molecule has 1 amide bonds. The van der Waals surface area contributed by atoms with E-state index in [2.05, 4.69) is 41.8 Å². The largest absolute Gasteiger partial charge is 2.00 e. The second kappa shape index (κ2) is 16.8. The summed E-state index contributed by atoms with van der Waals surface area (Å²) < 4.78 is 11.4. The number of hydrogen-bond donors (Lipinski definition) is 0. The van der Waals surface area contributed by atoms with Crippen molar-refractivity contribution < 1.29 is 40.9 Å². The van der Waals surface area contributed by atoms with Crippen LogP contribution < -0.4 is 26.5 Å². The van der Waals surface area contributed by atoms with Gasteiger partial charge < -0.3 is 33.9 Å². The predicted molar refractivity (Wildman–Crippen MR) is 118 cm³/mol. The van der Waals surface area contributed by atoms with Crippen LogP contribution in [-0.4, -0.2) is 78.2 Å². The summed E-state index contributed by atoms with van der Waals surface area (Å²) in [5.41, 5.74) is 0.836. The summed E-state index contributed by atoms with van der Waals surface area (Å²) in [5.74, 6) is 0.265. The molecule has 0 atom stereocenters. The number of ether oxygens (including phenoxy) is 2. The van der Waals surface area contributed by atoms with Gasteiger partial charge in [-0.15, -0.1) is 0 Å². The van der Waals surface area contributed by atoms with E-state index in [9.17, 15) is 9.59 Å². The minimum absolute atomic E-state index is 0. The first-order valence-electron chi connectivity index (χ1n) is 7.47. The van der Waals surface area contributed by atoms with E-state index in [1.807, 2.05) is 0 Å². The van der Waals surface area contributed by atoms with E-state index in [-0.39, 0.29) is 65.0 Å². The van der Waals surface area contributed by atoms with Gasteiger partial charge in [0.1, 0.15) is 5.56 Å². The SMILES string of the molecule is COc1ncc(Br)cc1C(=O)N(C)OC.COc1ncc(Br)cc1C(C)=O.[Br-].[CH3-].[Mg+2]. The van der Waals surface area contributed by atoms with Gasteiger partial charge in [0.25, 0.3) is 5.91 Å². The zero-order chi connectivity index (χ0) is 20.6. The minimum Gasteiger partial charge on any atom is -1.00 e. The van der Waals surface area contributed by atoms with Crippen LogP contribution in [0.2, 0.25) is 0 Å². The van der Waals surface area contributed by atoms with Crippen molar-refractivity contribution in [3.8, 4) is 11.8 Å². The van der Waals surface area contributed by atoms with Crippen molar-refractivity contribution in [2.75, 3.05) is 28.4 Å². The monoisotopic (exact) mass is 621 g/mol. The maximum Gasteiger partial charge on any atom is 2.00 e. The standard InChI is InChI=1S/C9H11BrN2O3.C8H8BrNO2.CH3.BrH.Mg/c1-12(15-3)9(13)7-4-6(10)5-11-8(7)14-2;1-5(11)7-3-6(9)4-10-8(7)12-2;;;/h4-5H,1-3H3;3-4H,1-2H3;1H3;1H;/q;;-1;;+2/p-1. The van der Waals surface area contributed by atoms with Gasteiger partial charge in [0.05, 0.1) is 26.9 Å². The molecule has 0 spiro atoms. The summed E-state index contributed by atoms with van der Waals surface area (Å²) in [6.07, 6.45) is 3.15. The number of rotatable bonds is 5. The fourth-order valence-corrected chi connectivity index (χ4v) is 2.50. The second-order valence-electron chi connectivity index (χ2n) is 4.96. The summed E-state index contributed by atoms with van der Waals surface area (Å²) in [4.78, 5) is 35.5. The normalized spacial score (nSPS) is 8.77. The number of Topliss-reactive ketones (excluding diaryl/α,β-unsaturated/α-hetero) is 1. The number of nitrogens with zero attached hydrogens (tertiary/aromatic N) is 3. The number of pyridine rings is 2. The van der Waals surface area contributed by atoms with Crippen molar-refractivity contribution in [1.29, 1.82) is 0 Å². The third kappa shape index (κ3) is 10.0. The van der Waals surface area contributed by atoms with Gasteiger partial charge >= 0.3 is 23.1 Å². The Bertz CT molecular complexity index is 828. The predicted octanol–water partition coefficient (Wildman–Crippen LogP) is 0.615. The molecule has 0 radical (unpaired) electrons. The summed E-state index contributed by atoms with van der Waals surface area (Å²) in [6, 6.07) is 3.32. The summed E-state index contributed by atoms with van der Waals surface area (Å²) in [5, 5.41) is 1.10. The molecule has 0 bridgehead atoms. The number of ketones is 1. The topological polar surface area (TPSA) is 90.8 Å². The van der Waals surface area contributed by atoms with Crippen molar-refractivity contribution in [2.45, 2.75) is 6.92 Å². The fourth-order valence-electron chi connectivity index (χ4n) is 1.84. The van der Waals surface area contributed by atoms with E-state index >= 15 is 0 Å². The van der Waals surface area contributed by atoms with Crippen LogP contribution in [0.3, 0.4) is 0 Å². The minimum atomic E-state index is -0.317. The molecule has 0 aromatic carbocycles. The Hall–Kier alpha value is -0.794. The molecular weight excluding hydrogens is 602 g/mol. The molecule has 0 unspecified atom stereocenters. The van der Waals surface area contributed by atoms with E-state index < -0.39 is 0 Å². The maximum atomic E-state index is 11.8. The van der Waals surface area contributed by atoms with Crippen molar-refractivity contribution in [3.63, 3.8) is 0 Å². The Labute approximate surface area is 220 Å². The molecule has 8 nitrogen and oxygen atoms in total. The van der Waals surface area contributed by atoms with Gasteiger partial charge in [-0.2, -0.15) is 0 Å². The van der Waals surface area contributed by atoms with E-state index in [4.69, 9.17) is 14.3 Å². The molecule has 2 rings (SSSR count). The Morgan fingerprint density at radius 1 is 0.933 bits per heavy atom. The van der Waals surface area contributed by atoms with Crippen LogP contribution in [0.1, 0.15) is 27.6 Å². The number of methoxy groups -OCH3 is 2. The Morgan fingerprint density at radius 2 is 1.33 bits per heavy atom. The van der Waals surface area contributed by atoms with Gasteiger partial charge in [0.2, 0.25) is 11.8 Å². The molecule has 0 saturated carbocycles. The van der Waals surface area contributed by atoms with Gasteiger partial charge in [0.15, 0.2) is 5.78 Å². The first-order valence-corrected chi connectivity index (χ1v) is 9.05. The Balaban J connectivity index is -0.000000450. The van der Waals surface area contributed by atoms with Crippen molar-refractivity contribution >= 4 is 66.6 Å².